The van der Waals surface area contributed by atoms with E-state index >= 15 is 0 Å². The first-order valence-corrected chi connectivity index (χ1v) is 10.1. The molecule has 1 aromatic carbocycles. The molecule has 3 aliphatic rings. The number of hydrogen-bond donors (Lipinski definition) is 1. The number of benzene rings is 1. The molecule has 5 atom stereocenters. The molecular weight excluding hydrogens is 366 g/mol. The van der Waals surface area contributed by atoms with Crippen molar-refractivity contribution in [3.05, 3.63) is 35.4 Å². The maximum Gasteiger partial charge on any atom is 0.410 e. The summed E-state index contributed by atoms with van der Waals surface area (Å²) in [6.45, 7) is 2.10. The monoisotopic (exact) mass is 392 g/mol. The van der Waals surface area contributed by atoms with Gasteiger partial charge in [-0.2, -0.15) is 0 Å². The third-order valence-corrected chi connectivity index (χ3v) is 6.46. The Bertz CT molecular complexity index is 752. The molecule has 2 heterocycles. The summed E-state index contributed by atoms with van der Waals surface area (Å²) in [7, 11) is 0. The normalized spacial score (nSPS) is 30.2. The van der Waals surface area contributed by atoms with E-state index in [9.17, 15) is 18.4 Å². The van der Waals surface area contributed by atoms with Crippen LogP contribution < -0.4 is 5.32 Å². The van der Waals surface area contributed by atoms with Crippen molar-refractivity contribution in [2.75, 3.05) is 6.54 Å². The van der Waals surface area contributed by atoms with Crippen LogP contribution in [-0.4, -0.2) is 41.6 Å². The van der Waals surface area contributed by atoms with E-state index in [-0.39, 0.29) is 24.5 Å². The molecule has 5 unspecified atom stereocenters. The van der Waals surface area contributed by atoms with Crippen LogP contribution in [0.2, 0.25) is 0 Å². The van der Waals surface area contributed by atoms with Crippen LogP contribution in [0.1, 0.15) is 44.6 Å². The number of carbonyl (C=O) groups is 2. The van der Waals surface area contributed by atoms with Crippen LogP contribution >= 0.6 is 0 Å². The summed E-state index contributed by atoms with van der Waals surface area (Å²) >= 11 is 0. The van der Waals surface area contributed by atoms with Gasteiger partial charge < -0.3 is 15.0 Å². The molecule has 1 saturated carbocycles. The first-order chi connectivity index (χ1) is 13.4. The molecule has 4 rings (SSSR count). The van der Waals surface area contributed by atoms with Crippen molar-refractivity contribution >= 4 is 12.0 Å². The number of fused-ring (bicyclic) bond motifs is 2. The maximum atomic E-state index is 13.6. The Morgan fingerprint density at radius 2 is 1.89 bits per heavy atom. The lowest BCUT2D eigenvalue weighted by atomic mass is 9.72. The van der Waals surface area contributed by atoms with Gasteiger partial charge in [-0.05, 0) is 48.8 Å². The van der Waals surface area contributed by atoms with E-state index in [4.69, 9.17) is 4.74 Å². The number of amides is 2. The second-order valence-electron chi connectivity index (χ2n) is 8.40. The molecule has 7 heteroatoms. The zero-order valence-corrected chi connectivity index (χ0v) is 16.0. The van der Waals surface area contributed by atoms with Crippen molar-refractivity contribution in [3.8, 4) is 0 Å². The highest BCUT2D eigenvalue weighted by Crippen LogP contribution is 2.42. The molecule has 2 aliphatic heterocycles. The van der Waals surface area contributed by atoms with Gasteiger partial charge in [0.15, 0.2) is 0 Å². The predicted octanol–water partition coefficient (Wildman–Crippen LogP) is 3.41. The fourth-order valence-electron chi connectivity index (χ4n) is 5.29. The Hall–Kier alpha value is -2.18. The number of hydrogen-bond acceptors (Lipinski definition) is 3. The number of cyclic esters (lactones) is 1. The molecule has 3 fully saturated rings. The summed E-state index contributed by atoms with van der Waals surface area (Å²) in [6, 6.07) is 2.69. The molecule has 5 nitrogen and oxygen atoms in total. The van der Waals surface area contributed by atoms with E-state index in [1.54, 1.807) is 4.90 Å². The van der Waals surface area contributed by atoms with Crippen LogP contribution in [0.15, 0.2) is 18.2 Å². The van der Waals surface area contributed by atoms with Crippen LogP contribution in [0.25, 0.3) is 0 Å². The van der Waals surface area contributed by atoms with Crippen LogP contribution in [0.3, 0.4) is 0 Å². The summed E-state index contributed by atoms with van der Waals surface area (Å²) in [5, 5.41) is 2.85. The maximum absolute atomic E-state index is 13.6. The van der Waals surface area contributed by atoms with Crippen molar-refractivity contribution < 1.29 is 23.1 Å². The molecule has 0 radical (unpaired) electrons. The van der Waals surface area contributed by atoms with Crippen molar-refractivity contribution in [2.45, 2.75) is 63.6 Å². The van der Waals surface area contributed by atoms with E-state index < -0.39 is 23.8 Å². The first-order valence-electron chi connectivity index (χ1n) is 10.1. The van der Waals surface area contributed by atoms with Crippen molar-refractivity contribution in [1.29, 1.82) is 0 Å². The molecule has 1 aliphatic carbocycles. The molecule has 0 spiro atoms. The lowest BCUT2D eigenvalue weighted by Gasteiger charge is -2.43. The predicted molar refractivity (Wildman–Crippen MR) is 98.5 cm³/mol. The largest absolute Gasteiger partial charge is 0.442 e. The zero-order chi connectivity index (χ0) is 19.8. The fraction of sp³-hybridized carbons (Fsp3) is 0.619. The molecule has 1 N–H and O–H groups in total. The number of rotatable bonds is 4. The lowest BCUT2D eigenvalue weighted by Crippen LogP contribution is -2.54. The molecule has 2 amide bonds. The van der Waals surface area contributed by atoms with Gasteiger partial charge in [0.2, 0.25) is 5.91 Å². The quantitative estimate of drug-likeness (QED) is 0.854. The van der Waals surface area contributed by atoms with E-state index in [0.717, 1.165) is 25.3 Å². The van der Waals surface area contributed by atoms with Gasteiger partial charge in [0.05, 0.1) is 12.1 Å². The number of piperidine rings is 1. The van der Waals surface area contributed by atoms with Gasteiger partial charge in [-0.1, -0.05) is 19.3 Å². The summed E-state index contributed by atoms with van der Waals surface area (Å²) < 4.78 is 32.9. The number of nitrogens with zero attached hydrogens (tertiary/aromatic N) is 1. The smallest absolute Gasteiger partial charge is 0.410 e. The molecular formula is C21H26F2N2O3. The van der Waals surface area contributed by atoms with E-state index in [1.807, 2.05) is 0 Å². The summed E-state index contributed by atoms with van der Waals surface area (Å²) in [5.74, 6) is -0.499. The van der Waals surface area contributed by atoms with E-state index in [2.05, 4.69) is 5.32 Å². The highest BCUT2D eigenvalue weighted by Gasteiger charge is 2.51. The van der Waals surface area contributed by atoms with Crippen LogP contribution in [0.5, 0.6) is 0 Å². The third-order valence-electron chi connectivity index (χ3n) is 6.46. The Morgan fingerprint density at radius 3 is 2.57 bits per heavy atom. The zero-order valence-electron chi connectivity index (χ0n) is 16.0. The summed E-state index contributed by atoms with van der Waals surface area (Å²) in [5.41, 5.74) is 0.428. The average molecular weight is 392 g/mol. The van der Waals surface area contributed by atoms with Crippen LogP contribution in [0.4, 0.5) is 13.6 Å². The highest BCUT2D eigenvalue weighted by molar-refractivity contribution is 5.74. The van der Waals surface area contributed by atoms with Gasteiger partial charge in [0, 0.05) is 19.5 Å². The highest BCUT2D eigenvalue weighted by atomic mass is 19.1. The van der Waals surface area contributed by atoms with Crippen molar-refractivity contribution in [1.82, 2.24) is 10.2 Å². The SMILES string of the molecule is CC(=O)NC(Cc1cc(F)cc(F)c1)C1OC(=O)N2CC3CCCCC3CC12. The van der Waals surface area contributed by atoms with Crippen molar-refractivity contribution in [2.24, 2.45) is 11.8 Å². The molecule has 0 aromatic heterocycles. The topological polar surface area (TPSA) is 58.6 Å². The summed E-state index contributed by atoms with van der Waals surface area (Å²) in [4.78, 5) is 26.1. The Morgan fingerprint density at radius 1 is 1.21 bits per heavy atom. The molecule has 152 valence electrons. The fourth-order valence-corrected chi connectivity index (χ4v) is 5.29. The van der Waals surface area contributed by atoms with Gasteiger partial charge in [-0.25, -0.2) is 13.6 Å². The van der Waals surface area contributed by atoms with E-state index in [0.29, 0.717) is 23.9 Å². The Labute approximate surface area is 163 Å². The van der Waals surface area contributed by atoms with Gasteiger partial charge in [0.25, 0.3) is 0 Å². The molecule has 2 saturated heterocycles. The minimum Gasteiger partial charge on any atom is -0.442 e. The van der Waals surface area contributed by atoms with Crippen LogP contribution in [0, 0.1) is 23.5 Å². The average Bonchev–Trinajstić information content (AvgIpc) is 2.94. The second kappa shape index (κ2) is 7.68. The minimum atomic E-state index is -0.663. The summed E-state index contributed by atoms with van der Waals surface area (Å²) in [6.07, 6.45) is 4.91. The van der Waals surface area contributed by atoms with Gasteiger partial charge in [0.1, 0.15) is 17.7 Å². The molecule has 1 aromatic rings. The number of nitrogens with one attached hydrogen (secondary N) is 1. The van der Waals surface area contributed by atoms with Crippen molar-refractivity contribution in [3.63, 3.8) is 0 Å². The van der Waals surface area contributed by atoms with E-state index in [1.165, 1.54) is 31.9 Å². The number of carbonyl (C=O) groups excluding carboxylic acids is 2. The minimum absolute atomic E-state index is 0.109. The molecule has 28 heavy (non-hydrogen) atoms. The first kappa shape index (κ1) is 19.2. The standard InChI is InChI=1S/C21H26F2N2O3/c1-12(26)24-18(8-13-6-16(22)10-17(23)7-13)20-19-9-14-4-2-3-5-15(14)11-25(19)21(27)28-20/h6-7,10,14-15,18-20H,2-5,8-9,11H2,1H3,(H,24,26). The van der Waals surface area contributed by atoms with Crippen LogP contribution in [-0.2, 0) is 16.0 Å². The third kappa shape index (κ3) is 3.84. The second-order valence-corrected chi connectivity index (χ2v) is 8.40. The molecule has 0 bridgehead atoms. The number of ether oxygens (including phenoxy) is 1. The van der Waals surface area contributed by atoms with Gasteiger partial charge >= 0.3 is 6.09 Å². The lowest BCUT2D eigenvalue weighted by molar-refractivity contribution is -0.120. The van der Waals surface area contributed by atoms with Gasteiger partial charge in [-0.15, -0.1) is 0 Å². The Kier molecular flexibility index (Phi) is 5.25. The Balaban J connectivity index is 1.57. The number of halogens is 2. The van der Waals surface area contributed by atoms with Gasteiger partial charge in [-0.3, -0.25) is 4.79 Å².